The number of hydrogen-bond donors (Lipinski definition) is 4. The molecule has 0 radical (unpaired) electrons. The molecule has 3 aliphatic rings. The van der Waals surface area contributed by atoms with Gasteiger partial charge in [-0.1, -0.05) is 68.5 Å². The molecule has 0 spiro atoms. The average Bonchev–Trinajstić information content (AvgIpc) is 3.96. The number of amides is 4. The summed E-state index contributed by atoms with van der Waals surface area (Å²) in [7, 11) is 1.81. The van der Waals surface area contributed by atoms with Crippen LogP contribution in [0.15, 0.2) is 84.9 Å². The summed E-state index contributed by atoms with van der Waals surface area (Å²) in [6.45, 7) is 16.6. The topological polar surface area (TPSA) is 204 Å². The predicted octanol–water partition coefficient (Wildman–Crippen LogP) is 8.69. The summed E-state index contributed by atoms with van der Waals surface area (Å²) in [5, 5.41) is 25.4. The number of carbonyl (C=O) groups excluding carboxylic acids is 4. The summed E-state index contributed by atoms with van der Waals surface area (Å²) in [6.07, 6.45) is 2.10. The number of piperazine rings is 1. The van der Waals surface area contributed by atoms with Crippen molar-refractivity contribution in [1.82, 2.24) is 34.9 Å². The molecule has 4 N–H and O–H groups in total. The molecule has 17 nitrogen and oxygen atoms in total. The second-order valence-electron chi connectivity index (χ2n) is 21.4. The number of aromatic nitrogens is 4. The number of aromatic carboxylic acids is 1. The molecule has 3 aromatic heterocycles. The average molecular weight is 1050 g/mol. The number of fused-ring (bicyclic) bond motifs is 3. The fourth-order valence-corrected chi connectivity index (χ4v) is 12.1. The van der Waals surface area contributed by atoms with Crippen LogP contribution in [0.1, 0.15) is 109 Å². The number of pyridine rings is 1. The number of nitrogens with zero attached hydrogens (tertiary/aromatic N) is 7. The molecule has 4 aromatic carbocycles. The van der Waals surface area contributed by atoms with Crippen molar-refractivity contribution in [2.24, 2.45) is 7.05 Å². The van der Waals surface area contributed by atoms with Crippen molar-refractivity contribution in [2.75, 3.05) is 54.9 Å². The van der Waals surface area contributed by atoms with E-state index in [4.69, 9.17) is 9.72 Å². The third-order valence-corrected chi connectivity index (χ3v) is 16.0. The zero-order valence-electron chi connectivity index (χ0n) is 44.0. The lowest BCUT2D eigenvalue weighted by Crippen LogP contribution is -2.58. The van der Waals surface area contributed by atoms with Gasteiger partial charge in [0.25, 0.3) is 5.91 Å². The summed E-state index contributed by atoms with van der Waals surface area (Å²) in [6, 6.07) is 27.2. The molecule has 0 bridgehead atoms. The highest BCUT2D eigenvalue weighted by atomic mass is 32.1. The molecule has 18 heteroatoms. The van der Waals surface area contributed by atoms with Crippen LogP contribution in [0.5, 0.6) is 5.75 Å². The van der Waals surface area contributed by atoms with Gasteiger partial charge in [0.2, 0.25) is 17.7 Å². The highest BCUT2D eigenvalue weighted by molar-refractivity contribution is 7.22. The Morgan fingerprint density at radius 2 is 1.70 bits per heavy atom. The summed E-state index contributed by atoms with van der Waals surface area (Å²) in [4.78, 5) is 81.2. The molecule has 3 atom stereocenters. The number of benzene rings is 4. The maximum absolute atomic E-state index is 13.8. The van der Waals surface area contributed by atoms with E-state index in [-0.39, 0.29) is 54.4 Å². The number of carboxylic acids is 1. The first kappa shape index (κ1) is 51.9. The molecule has 10 rings (SSSR count). The molecule has 7 aromatic rings. The van der Waals surface area contributed by atoms with E-state index in [0.29, 0.717) is 71.7 Å². The zero-order chi connectivity index (χ0) is 53.6. The van der Waals surface area contributed by atoms with Crippen molar-refractivity contribution in [3.63, 3.8) is 0 Å². The quantitative estimate of drug-likeness (QED) is 0.0596. The Hall–Kier alpha value is -7.54. The molecular formula is C58H64N10O7S. The number of thiazole rings is 1. The van der Waals surface area contributed by atoms with E-state index < -0.39 is 17.3 Å². The predicted molar refractivity (Wildman–Crippen MR) is 295 cm³/mol. The Morgan fingerprint density at radius 1 is 0.921 bits per heavy atom. The summed E-state index contributed by atoms with van der Waals surface area (Å²) >= 11 is 1.43. The molecule has 1 unspecified atom stereocenters. The van der Waals surface area contributed by atoms with Crippen LogP contribution >= 0.6 is 11.3 Å². The Labute approximate surface area is 445 Å². The Morgan fingerprint density at radius 3 is 2.45 bits per heavy atom. The summed E-state index contributed by atoms with van der Waals surface area (Å²) in [5.41, 5.74) is 7.84. The molecule has 2 saturated heterocycles. The van der Waals surface area contributed by atoms with Gasteiger partial charge in [-0.05, 0) is 122 Å². The normalized spacial score (nSPS) is 18.4. The number of carboxylic acid groups (broad SMARTS) is 1. The van der Waals surface area contributed by atoms with Crippen molar-refractivity contribution in [2.45, 2.75) is 97.2 Å². The van der Waals surface area contributed by atoms with E-state index in [9.17, 15) is 29.1 Å². The third kappa shape index (κ3) is 10.7. The molecular weight excluding hydrogens is 981 g/mol. The lowest BCUT2D eigenvalue weighted by molar-refractivity contribution is -0.134. The van der Waals surface area contributed by atoms with Gasteiger partial charge in [0, 0.05) is 80.5 Å². The van der Waals surface area contributed by atoms with Gasteiger partial charge >= 0.3 is 5.97 Å². The second-order valence-corrected chi connectivity index (χ2v) is 22.4. The summed E-state index contributed by atoms with van der Waals surface area (Å²) in [5.74, 6) is -1.38. The molecule has 0 saturated carbocycles. The standard InChI is InChI=1S/C58H64N10O7S/c1-33-29-66(30-34(2)68(33)32-50(70)59-37-19-20-40-45(27-37)65(7)64-52(40)41-21-22-49(69)62-55(41)72)24-12-26-75-46-17-11-14-38(35(46)3)51-43(58(4,5)6)28-48(61-53(51)56(73)74)67-25-23-36-13-10-15-39(42(36)31-67)54(71)63-57-60-44-16-8-9-18-47(44)76-57/h8-11,13-20,27-28,33-34,41H,12,21-26,29-32H2,1-7H3,(H,59,70)(H,73,74)(H,60,63,71)(H,62,69,72)/t33-,34+,41?. The molecule has 0 aliphatic carbocycles. The van der Waals surface area contributed by atoms with E-state index in [1.807, 2.05) is 91.9 Å². The third-order valence-electron chi connectivity index (χ3n) is 15.0. The highest BCUT2D eigenvalue weighted by Crippen LogP contribution is 2.42. The van der Waals surface area contributed by atoms with Gasteiger partial charge in [-0.2, -0.15) is 5.10 Å². The zero-order valence-corrected chi connectivity index (χ0v) is 44.8. The lowest BCUT2D eigenvalue weighted by atomic mass is 9.80. The van der Waals surface area contributed by atoms with Gasteiger partial charge in [-0.15, -0.1) is 0 Å². The summed E-state index contributed by atoms with van der Waals surface area (Å²) < 4.78 is 9.17. The van der Waals surface area contributed by atoms with Crippen LogP contribution < -0.4 is 25.6 Å². The van der Waals surface area contributed by atoms with Crippen molar-refractivity contribution in [1.29, 1.82) is 0 Å². The van der Waals surface area contributed by atoms with Crippen LogP contribution in [-0.4, -0.2) is 116 Å². The van der Waals surface area contributed by atoms with Crippen LogP contribution in [0, 0.1) is 6.92 Å². The minimum absolute atomic E-state index is 0.0384. The monoisotopic (exact) mass is 1040 g/mol. The molecule has 76 heavy (non-hydrogen) atoms. The SMILES string of the molecule is Cc1c(OCCCN2C[C@@H](C)N(CC(=O)Nc3ccc4c(C5CCC(=O)NC5=O)nn(C)c4c3)[C@@H](C)C2)cccc1-c1c(C(C)(C)C)cc(N2CCc3cccc(C(=O)Nc4nc5ccccc5s4)c3C2)nc1C(=O)O. The maximum Gasteiger partial charge on any atom is 0.355 e. The van der Waals surface area contributed by atoms with E-state index in [1.54, 1.807) is 11.7 Å². The number of para-hydroxylation sites is 1. The number of hydrogen-bond acceptors (Lipinski definition) is 13. The number of piperidine rings is 1. The molecule has 6 heterocycles. The molecule has 4 amide bonds. The first-order valence-electron chi connectivity index (χ1n) is 26.0. The van der Waals surface area contributed by atoms with Gasteiger partial charge in [-0.3, -0.25) is 39.4 Å². The van der Waals surface area contributed by atoms with Crippen LogP contribution in [0.3, 0.4) is 0 Å². The van der Waals surface area contributed by atoms with E-state index >= 15 is 0 Å². The largest absolute Gasteiger partial charge is 0.493 e. The number of nitrogens with one attached hydrogen (secondary N) is 3. The molecule has 2 fully saturated rings. The van der Waals surface area contributed by atoms with Crippen molar-refractivity contribution in [3.8, 4) is 16.9 Å². The Balaban J connectivity index is 0.771. The van der Waals surface area contributed by atoms with Gasteiger partial charge in [0.05, 0.1) is 40.5 Å². The van der Waals surface area contributed by atoms with Crippen LogP contribution in [0.25, 0.3) is 32.2 Å². The second kappa shape index (κ2) is 21.2. The fraction of sp³-hybridized carbons (Fsp3) is 0.379. The van der Waals surface area contributed by atoms with E-state index in [0.717, 1.165) is 75.0 Å². The first-order chi connectivity index (χ1) is 36.4. The lowest BCUT2D eigenvalue weighted by Gasteiger charge is -2.44. The molecule has 394 valence electrons. The van der Waals surface area contributed by atoms with Gasteiger partial charge in [-0.25, -0.2) is 14.8 Å². The fourth-order valence-electron chi connectivity index (χ4n) is 11.2. The number of carbonyl (C=O) groups is 5. The van der Waals surface area contributed by atoms with Crippen molar-refractivity contribution in [3.05, 3.63) is 124 Å². The number of rotatable bonds is 14. The van der Waals surface area contributed by atoms with Crippen LogP contribution in [0.4, 0.5) is 16.6 Å². The smallest absolute Gasteiger partial charge is 0.355 e. The minimum atomic E-state index is -1.13. The van der Waals surface area contributed by atoms with Crippen molar-refractivity contribution < 1.29 is 33.8 Å². The number of aryl methyl sites for hydroxylation is 1. The minimum Gasteiger partial charge on any atom is -0.493 e. The maximum atomic E-state index is 13.8. The number of ether oxygens (including phenoxy) is 1. The van der Waals surface area contributed by atoms with Crippen molar-refractivity contribution >= 4 is 78.7 Å². The van der Waals surface area contributed by atoms with Gasteiger partial charge < -0.3 is 25.0 Å². The molecule has 3 aliphatic heterocycles. The Bertz CT molecular complexity index is 3390. The van der Waals surface area contributed by atoms with E-state index in [2.05, 4.69) is 75.4 Å². The van der Waals surface area contributed by atoms with Crippen LogP contribution in [-0.2, 0) is 39.8 Å². The van der Waals surface area contributed by atoms with E-state index in [1.165, 1.54) is 11.3 Å². The number of imide groups is 1. The highest BCUT2D eigenvalue weighted by Gasteiger charge is 2.34. The first-order valence-corrected chi connectivity index (χ1v) is 26.8. The number of anilines is 3. The van der Waals surface area contributed by atoms with Gasteiger partial charge in [0.1, 0.15) is 11.6 Å². The van der Waals surface area contributed by atoms with Crippen LogP contribution in [0.2, 0.25) is 0 Å². The van der Waals surface area contributed by atoms with Gasteiger partial charge in [0.15, 0.2) is 10.8 Å². The Kier molecular flexibility index (Phi) is 14.5.